The molecule has 0 saturated carbocycles. The molecule has 0 atom stereocenters. The van der Waals surface area contributed by atoms with Crippen molar-refractivity contribution in [2.24, 2.45) is 10.9 Å². The lowest BCUT2D eigenvalue weighted by Gasteiger charge is -2.28. The molecule has 2 aromatic rings. The molecule has 2 rings (SSSR count). The van der Waals surface area contributed by atoms with Crippen LogP contribution in [0.1, 0.15) is 73.4 Å². The van der Waals surface area contributed by atoms with Crippen LogP contribution in [0.4, 0.5) is 26.0 Å². The summed E-state index contributed by atoms with van der Waals surface area (Å²) in [6, 6.07) is 6.56. The number of halogens is 1. The third kappa shape index (κ3) is 25.3. The van der Waals surface area contributed by atoms with Gasteiger partial charge in [0.1, 0.15) is 28.4 Å². The number of aryl methyl sites for hydroxylation is 1. The number of imide groups is 1. The second-order valence-corrected chi connectivity index (χ2v) is 16.6. The van der Waals surface area contributed by atoms with Gasteiger partial charge >= 0.3 is 18.3 Å². The van der Waals surface area contributed by atoms with Gasteiger partial charge in [0, 0.05) is 18.9 Å². The Balaban J connectivity index is 0. The Morgan fingerprint density at radius 3 is 1.55 bits per heavy atom. The highest BCUT2D eigenvalue weighted by Crippen LogP contribution is 2.20. The lowest BCUT2D eigenvalue weighted by atomic mass is 10.2. The van der Waals surface area contributed by atoms with Gasteiger partial charge in [0.2, 0.25) is 20.0 Å². The predicted molar refractivity (Wildman–Crippen MR) is 182 cm³/mol. The lowest BCUT2D eigenvalue weighted by Crippen LogP contribution is -3.00. The minimum Gasteiger partial charge on any atom is -1.00 e. The number of nitrogens with one attached hydrogen (secondary N) is 1. The van der Waals surface area contributed by atoms with E-state index in [0.717, 1.165) is 22.3 Å². The molecule has 20 heteroatoms. The highest BCUT2D eigenvalue weighted by molar-refractivity contribution is 7.89. The van der Waals surface area contributed by atoms with E-state index in [9.17, 15) is 31.2 Å². The van der Waals surface area contributed by atoms with Gasteiger partial charge in [0.05, 0.1) is 12.0 Å². The first-order valence-corrected chi connectivity index (χ1v) is 17.9. The number of rotatable bonds is 6. The molecular weight excluding hydrogens is 797 g/mol. The molecule has 0 unspecified atom stereocenters. The van der Waals surface area contributed by atoms with Crippen LogP contribution in [0.25, 0.3) is 0 Å². The number of carbonyl (C=O) groups is 3. The van der Waals surface area contributed by atoms with Gasteiger partial charge in [-0.3, -0.25) is 0 Å². The Hall–Kier alpha value is -3.34. The molecule has 0 aliphatic carbocycles. The van der Waals surface area contributed by atoms with Crippen molar-refractivity contribution in [1.29, 1.82) is 0 Å². The summed E-state index contributed by atoms with van der Waals surface area (Å²) in [6.45, 7) is 15.5. The van der Waals surface area contributed by atoms with Gasteiger partial charge in [0.25, 0.3) is 0 Å². The number of sulfonamides is 2. The number of amides is 3. The van der Waals surface area contributed by atoms with Crippen molar-refractivity contribution in [1.82, 2.24) is 14.7 Å². The third-order valence-electron chi connectivity index (χ3n) is 4.62. The zero-order chi connectivity index (χ0) is 37.7. The smallest absolute Gasteiger partial charge is 0.425 e. The first kappa shape index (κ1) is 47.8. The van der Waals surface area contributed by atoms with Crippen molar-refractivity contribution in [3.05, 3.63) is 47.8 Å². The maximum atomic E-state index is 12.4. The molecule has 2 aromatic heterocycles. The molecule has 0 spiro atoms. The van der Waals surface area contributed by atoms with Crippen LogP contribution in [-0.4, -0.2) is 73.9 Å². The monoisotopic (exact) mass is 846 g/mol. The summed E-state index contributed by atoms with van der Waals surface area (Å²) in [5, 5.41) is 4.84. The van der Waals surface area contributed by atoms with E-state index < -0.39 is 55.1 Å². The standard InChI is InChI=1S/C16H25N3O4.C7H11N3O2S.C6H13NO4S.HI/c1-15(2,3)22-13(20)19(14(21)23-16(4,5)6)12-8-7-11(9-17)10-18-12;8-7-2-1-6(5-10-7)3-4-13(9,11)12;1-6(2,3)11-5(8)7-12(4,9)10;/h7-8,10H,9,17H2,1-6H3;1-2,5H,3-4H2,(H2,8,10)(H2,9,11,12);1-4H3,(H,7,8);1H/p-1. The fourth-order valence-electron chi connectivity index (χ4n) is 2.84. The fraction of sp³-hybridized carbons (Fsp3) is 0.552. The van der Waals surface area contributed by atoms with Crippen LogP contribution in [0.5, 0.6) is 0 Å². The number of pyridine rings is 2. The van der Waals surface area contributed by atoms with Crippen LogP contribution in [-0.2, 0) is 47.2 Å². The van der Waals surface area contributed by atoms with Crippen molar-refractivity contribution < 1.29 is 69.4 Å². The van der Waals surface area contributed by atoms with Crippen molar-refractivity contribution in [2.75, 3.05) is 22.6 Å². The molecule has 0 aromatic carbocycles. The number of anilines is 2. The normalized spacial score (nSPS) is 11.6. The molecular formula is C29H49IN7O10S2-. The largest absolute Gasteiger partial charge is 1.00 e. The van der Waals surface area contributed by atoms with E-state index in [1.54, 1.807) is 91.4 Å². The van der Waals surface area contributed by atoms with Crippen molar-refractivity contribution in [2.45, 2.75) is 92.1 Å². The average molecular weight is 847 g/mol. The lowest BCUT2D eigenvalue weighted by molar-refractivity contribution is -0.0000862. The number of hydrogen-bond donors (Lipinski definition) is 4. The topological polar surface area (TPSA) is 266 Å². The van der Waals surface area contributed by atoms with Crippen molar-refractivity contribution in [3.63, 3.8) is 0 Å². The number of carbonyl (C=O) groups excluding carboxylic acids is 3. The second kappa shape index (κ2) is 19.7. The molecule has 2 heterocycles. The van der Waals surface area contributed by atoms with Gasteiger partial charge < -0.3 is 49.7 Å². The maximum Gasteiger partial charge on any atom is 0.425 e. The molecule has 0 bridgehead atoms. The van der Waals surface area contributed by atoms with Crippen molar-refractivity contribution >= 4 is 50.0 Å². The van der Waals surface area contributed by atoms with Crippen LogP contribution in [0, 0.1) is 0 Å². The van der Waals surface area contributed by atoms with Gasteiger partial charge in [-0.2, -0.15) is 4.90 Å². The molecule has 0 fully saturated rings. The van der Waals surface area contributed by atoms with E-state index in [2.05, 4.69) is 14.7 Å². The molecule has 7 N–H and O–H groups in total. The number of nitrogens with zero attached hydrogens (tertiary/aromatic N) is 3. The zero-order valence-electron chi connectivity index (χ0n) is 29.4. The highest BCUT2D eigenvalue weighted by Gasteiger charge is 2.33. The van der Waals surface area contributed by atoms with E-state index in [1.165, 1.54) is 12.3 Å². The first-order valence-electron chi connectivity index (χ1n) is 14.3. The highest BCUT2D eigenvalue weighted by atomic mass is 127. The van der Waals surface area contributed by atoms with Gasteiger partial charge in [0.15, 0.2) is 0 Å². The van der Waals surface area contributed by atoms with Gasteiger partial charge in [-0.05, 0) is 92.0 Å². The van der Waals surface area contributed by atoms with Gasteiger partial charge in [-0.25, -0.2) is 51.0 Å². The van der Waals surface area contributed by atoms with Crippen LogP contribution >= 0.6 is 0 Å². The molecule has 0 saturated heterocycles. The minimum absolute atomic E-state index is 0. The number of primary sulfonamides is 1. The minimum atomic E-state index is -3.52. The Labute approximate surface area is 306 Å². The molecule has 0 aliphatic rings. The third-order valence-corrected chi connectivity index (χ3v) is 5.93. The SMILES string of the molecule is CC(C)(C)OC(=O)N(C(=O)OC(C)(C)C)c1ccc(CN)cn1.CC(C)(C)OC(=O)NS(C)(=O)=O.Nc1ccc(CCS(N)(=O)=O)cn1.[I-]. The number of aromatic nitrogens is 2. The van der Waals surface area contributed by atoms with E-state index in [0.29, 0.717) is 18.8 Å². The summed E-state index contributed by atoms with van der Waals surface area (Å²) < 4.78 is 59.1. The zero-order valence-corrected chi connectivity index (χ0v) is 33.2. The first-order chi connectivity index (χ1) is 21.5. The Kier molecular flexibility index (Phi) is 19.3. The number of nitrogen functional groups attached to an aromatic ring is 1. The van der Waals surface area contributed by atoms with E-state index in [4.69, 9.17) is 26.1 Å². The quantitative estimate of drug-likeness (QED) is 0.223. The summed E-state index contributed by atoms with van der Waals surface area (Å²) >= 11 is 0. The number of ether oxygens (including phenoxy) is 3. The van der Waals surface area contributed by atoms with Crippen molar-refractivity contribution in [3.8, 4) is 0 Å². The van der Waals surface area contributed by atoms with Crippen LogP contribution in [0.3, 0.4) is 0 Å². The van der Waals surface area contributed by atoms with Crippen LogP contribution in [0.2, 0.25) is 0 Å². The second-order valence-electron chi connectivity index (χ2n) is 13.1. The predicted octanol–water partition coefficient (Wildman–Crippen LogP) is 0.186. The number of nitrogens with two attached hydrogens (primary N) is 3. The average Bonchev–Trinajstić information content (AvgIpc) is 2.85. The fourth-order valence-corrected chi connectivity index (χ4v) is 3.71. The van der Waals surface area contributed by atoms with Crippen LogP contribution < -0.4 is 50.2 Å². The summed E-state index contributed by atoms with van der Waals surface area (Å²) in [6.07, 6.45) is 1.64. The summed E-state index contributed by atoms with van der Waals surface area (Å²) in [5.41, 5.74) is 10.3. The molecule has 3 amide bonds. The van der Waals surface area contributed by atoms with Gasteiger partial charge in [-0.1, -0.05) is 12.1 Å². The summed E-state index contributed by atoms with van der Waals surface area (Å²) in [4.78, 5) is 44.2. The Bertz CT molecular complexity index is 1540. The van der Waals surface area contributed by atoms with E-state index >= 15 is 0 Å². The molecule has 17 nitrogen and oxygen atoms in total. The number of hydrogen-bond acceptors (Lipinski definition) is 14. The molecule has 0 aliphatic heterocycles. The van der Waals surface area contributed by atoms with Crippen LogP contribution in [0.15, 0.2) is 36.7 Å². The Morgan fingerprint density at radius 1 is 0.776 bits per heavy atom. The molecule has 49 heavy (non-hydrogen) atoms. The Morgan fingerprint density at radius 2 is 1.22 bits per heavy atom. The van der Waals surface area contributed by atoms with E-state index in [1.807, 2.05) is 0 Å². The molecule has 280 valence electrons. The summed E-state index contributed by atoms with van der Waals surface area (Å²) in [7, 11) is -6.91. The molecule has 0 radical (unpaired) electrons. The maximum absolute atomic E-state index is 12.4. The summed E-state index contributed by atoms with van der Waals surface area (Å²) in [5.74, 6) is 0.462. The van der Waals surface area contributed by atoms with E-state index in [-0.39, 0.29) is 35.5 Å². The van der Waals surface area contributed by atoms with Gasteiger partial charge in [-0.15, -0.1) is 0 Å².